The summed E-state index contributed by atoms with van der Waals surface area (Å²) in [5, 5.41) is 13.7. The smallest absolute Gasteiger partial charge is 0.0900 e. The fourth-order valence-corrected chi connectivity index (χ4v) is 2.73. The van der Waals surface area contributed by atoms with Crippen LogP contribution in [-0.4, -0.2) is 54.0 Å². The van der Waals surface area contributed by atoms with Gasteiger partial charge >= 0.3 is 0 Å². The van der Waals surface area contributed by atoms with Crippen LogP contribution in [0.25, 0.3) is 0 Å². The molecule has 4 heteroatoms. The van der Waals surface area contributed by atoms with Gasteiger partial charge in [0.25, 0.3) is 0 Å². The van der Waals surface area contributed by atoms with Crippen LogP contribution in [0.4, 0.5) is 5.69 Å². The van der Waals surface area contributed by atoms with Crippen molar-refractivity contribution in [3.63, 3.8) is 0 Å². The average molecular weight is 306 g/mol. The minimum Gasteiger partial charge on any atom is -0.389 e. The Kier molecular flexibility index (Phi) is 6.24. The Morgan fingerprint density at radius 1 is 1.23 bits per heavy atom. The summed E-state index contributed by atoms with van der Waals surface area (Å²) < 4.78 is 5.64. The van der Waals surface area contributed by atoms with Gasteiger partial charge in [-0.3, -0.25) is 0 Å². The van der Waals surface area contributed by atoms with E-state index in [1.165, 1.54) is 5.69 Å². The number of likely N-dealkylation sites (tertiary alicyclic amines) is 1. The fraction of sp³-hybridized carbons (Fsp3) is 0.667. The number of nitrogens with zero attached hydrogens (tertiary/aromatic N) is 1. The van der Waals surface area contributed by atoms with Gasteiger partial charge in [-0.2, -0.15) is 0 Å². The molecule has 2 N–H and O–H groups in total. The molecule has 1 fully saturated rings. The molecule has 0 spiro atoms. The number of piperidine rings is 1. The third-order valence-corrected chi connectivity index (χ3v) is 3.91. The molecule has 1 atom stereocenters. The molecule has 2 rings (SSSR count). The average Bonchev–Trinajstić information content (AvgIpc) is 2.48. The Bertz CT molecular complexity index is 422. The van der Waals surface area contributed by atoms with E-state index in [0.29, 0.717) is 19.2 Å². The highest BCUT2D eigenvalue weighted by Gasteiger charge is 2.22. The van der Waals surface area contributed by atoms with Gasteiger partial charge in [0, 0.05) is 31.4 Å². The summed E-state index contributed by atoms with van der Waals surface area (Å²) in [6.45, 7) is 9.20. The zero-order chi connectivity index (χ0) is 16.0. The Morgan fingerprint density at radius 3 is 2.45 bits per heavy atom. The number of ether oxygens (including phenoxy) is 1. The van der Waals surface area contributed by atoms with E-state index in [9.17, 15) is 5.11 Å². The standard InChI is InChI=1S/C18H30N2O2/c1-18(2,3)22-14-17(21)13-20-11-9-16(10-12-20)19-15-7-5-4-6-8-15/h4-8,16-17,19,21H,9-14H2,1-3H3. The lowest BCUT2D eigenvalue weighted by Gasteiger charge is -2.34. The highest BCUT2D eigenvalue weighted by atomic mass is 16.5. The molecule has 4 nitrogen and oxygen atoms in total. The zero-order valence-electron chi connectivity index (χ0n) is 14.1. The first-order valence-electron chi connectivity index (χ1n) is 8.28. The highest BCUT2D eigenvalue weighted by molar-refractivity contribution is 5.43. The SMILES string of the molecule is CC(C)(C)OCC(O)CN1CCC(Nc2ccccc2)CC1. The topological polar surface area (TPSA) is 44.7 Å². The molecule has 1 heterocycles. The molecular weight excluding hydrogens is 276 g/mol. The van der Waals surface area contributed by atoms with E-state index in [1.807, 2.05) is 26.8 Å². The molecule has 0 radical (unpaired) electrons. The maximum absolute atomic E-state index is 10.1. The van der Waals surface area contributed by atoms with Crippen LogP contribution in [0, 0.1) is 0 Å². The lowest BCUT2D eigenvalue weighted by molar-refractivity contribution is -0.0571. The maximum Gasteiger partial charge on any atom is 0.0900 e. The number of hydrogen-bond acceptors (Lipinski definition) is 4. The van der Waals surface area contributed by atoms with E-state index in [4.69, 9.17) is 4.74 Å². The second-order valence-electron chi connectivity index (χ2n) is 7.16. The molecule has 1 saturated heterocycles. The minimum atomic E-state index is -0.405. The fourth-order valence-electron chi connectivity index (χ4n) is 2.73. The lowest BCUT2D eigenvalue weighted by atomic mass is 10.0. The van der Waals surface area contributed by atoms with Crippen molar-refractivity contribution < 1.29 is 9.84 Å². The summed E-state index contributed by atoms with van der Waals surface area (Å²) in [6, 6.07) is 10.9. The van der Waals surface area contributed by atoms with Gasteiger partial charge in [0.15, 0.2) is 0 Å². The Hall–Kier alpha value is -1.10. The van der Waals surface area contributed by atoms with Gasteiger partial charge in [0.05, 0.1) is 18.3 Å². The molecular formula is C18H30N2O2. The van der Waals surface area contributed by atoms with Gasteiger partial charge in [-0.15, -0.1) is 0 Å². The van der Waals surface area contributed by atoms with Crippen LogP contribution in [0.5, 0.6) is 0 Å². The van der Waals surface area contributed by atoms with Gasteiger partial charge in [-0.25, -0.2) is 0 Å². The van der Waals surface area contributed by atoms with E-state index >= 15 is 0 Å². The molecule has 0 saturated carbocycles. The zero-order valence-corrected chi connectivity index (χ0v) is 14.1. The van der Waals surface area contributed by atoms with Crippen molar-refractivity contribution in [3.8, 4) is 0 Å². The van der Waals surface area contributed by atoms with E-state index < -0.39 is 6.10 Å². The van der Waals surface area contributed by atoms with Crippen LogP contribution >= 0.6 is 0 Å². The molecule has 0 aromatic heterocycles. The number of nitrogens with one attached hydrogen (secondary N) is 1. The van der Waals surface area contributed by atoms with Gasteiger partial charge in [0.1, 0.15) is 0 Å². The summed E-state index contributed by atoms with van der Waals surface area (Å²) in [6.07, 6.45) is 1.82. The second-order valence-corrected chi connectivity index (χ2v) is 7.16. The minimum absolute atomic E-state index is 0.187. The van der Waals surface area contributed by atoms with Gasteiger partial charge in [-0.1, -0.05) is 18.2 Å². The normalized spacial score (nSPS) is 19.1. The molecule has 1 aliphatic heterocycles. The predicted octanol–water partition coefficient (Wildman–Crippen LogP) is 2.74. The van der Waals surface area contributed by atoms with E-state index in [2.05, 4.69) is 34.5 Å². The van der Waals surface area contributed by atoms with E-state index in [-0.39, 0.29) is 5.60 Å². The quantitative estimate of drug-likeness (QED) is 0.848. The number of benzene rings is 1. The molecule has 124 valence electrons. The Labute approximate surface area is 134 Å². The third kappa shape index (κ3) is 6.34. The van der Waals surface area contributed by atoms with E-state index in [0.717, 1.165) is 25.9 Å². The summed E-state index contributed by atoms with van der Waals surface area (Å²) in [5.74, 6) is 0. The summed E-state index contributed by atoms with van der Waals surface area (Å²) in [5.41, 5.74) is 1.01. The Balaban J connectivity index is 1.66. The molecule has 1 unspecified atom stereocenters. The number of aliphatic hydroxyl groups excluding tert-OH is 1. The van der Waals surface area contributed by atoms with Crippen LogP contribution in [0.2, 0.25) is 0 Å². The largest absolute Gasteiger partial charge is 0.389 e. The molecule has 22 heavy (non-hydrogen) atoms. The van der Waals surface area contributed by atoms with Crippen molar-refractivity contribution in [1.82, 2.24) is 4.90 Å². The Morgan fingerprint density at radius 2 is 1.86 bits per heavy atom. The maximum atomic E-state index is 10.1. The summed E-state index contributed by atoms with van der Waals surface area (Å²) >= 11 is 0. The molecule has 1 aromatic rings. The van der Waals surface area contributed by atoms with Crippen LogP contribution in [0.3, 0.4) is 0 Å². The first kappa shape index (κ1) is 17.3. The van der Waals surface area contributed by atoms with Crippen molar-refractivity contribution in [2.24, 2.45) is 0 Å². The highest BCUT2D eigenvalue weighted by Crippen LogP contribution is 2.17. The molecule has 1 aliphatic rings. The summed E-state index contributed by atoms with van der Waals surface area (Å²) in [7, 11) is 0. The van der Waals surface area contributed by atoms with Crippen LogP contribution in [0.1, 0.15) is 33.6 Å². The van der Waals surface area contributed by atoms with Gasteiger partial charge < -0.3 is 20.1 Å². The number of aliphatic hydroxyl groups is 1. The monoisotopic (exact) mass is 306 g/mol. The summed E-state index contributed by atoms with van der Waals surface area (Å²) in [4.78, 5) is 2.33. The molecule has 0 amide bonds. The number of β-amino-alcohol motifs (C(OH)–C–C–N with tert-alkyl or cyclic N) is 1. The third-order valence-electron chi connectivity index (χ3n) is 3.91. The number of rotatable bonds is 6. The van der Waals surface area contributed by atoms with Gasteiger partial charge in [-0.05, 0) is 45.7 Å². The number of para-hydroxylation sites is 1. The van der Waals surface area contributed by atoms with E-state index in [1.54, 1.807) is 0 Å². The van der Waals surface area contributed by atoms with Crippen molar-refractivity contribution in [2.75, 3.05) is 31.6 Å². The number of hydrogen-bond donors (Lipinski definition) is 2. The molecule has 0 aliphatic carbocycles. The van der Waals surface area contributed by atoms with Crippen LogP contribution < -0.4 is 5.32 Å². The first-order valence-corrected chi connectivity index (χ1v) is 8.28. The van der Waals surface area contributed by atoms with Crippen molar-refractivity contribution in [1.29, 1.82) is 0 Å². The molecule has 1 aromatic carbocycles. The van der Waals surface area contributed by atoms with Crippen molar-refractivity contribution in [2.45, 2.75) is 51.4 Å². The van der Waals surface area contributed by atoms with Crippen LogP contribution in [-0.2, 0) is 4.74 Å². The molecule has 0 bridgehead atoms. The van der Waals surface area contributed by atoms with Crippen LogP contribution in [0.15, 0.2) is 30.3 Å². The first-order chi connectivity index (χ1) is 10.4. The van der Waals surface area contributed by atoms with Crippen molar-refractivity contribution in [3.05, 3.63) is 30.3 Å². The van der Waals surface area contributed by atoms with Crippen molar-refractivity contribution >= 4 is 5.69 Å². The second kappa shape index (κ2) is 7.95. The van der Waals surface area contributed by atoms with Gasteiger partial charge in [0.2, 0.25) is 0 Å². The number of anilines is 1. The lowest BCUT2D eigenvalue weighted by Crippen LogP contribution is -2.44. The predicted molar refractivity (Wildman–Crippen MR) is 91.2 cm³/mol.